The Balaban J connectivity index is 2.94. The number of carboxylic acid groups (broad SMARTS) is 1. The summed E-state index contributed by atoms with van der Waals surface area (Å²) < 4.78 is 0. The van der Waals surface area contributed by atoms with E-state index in [9.17, 15) is 4.79 Å². The molecule has 0 saturated carbocycles. The lowest BCUT2D eigenvalue weighted by atomic mass is 10.1. The number of carbonyl (C=O) groups is 1. The second kappa shape index (κ2) is 5.53. The Labute approximate surface area is 105 Å². The molecule has 0 aliphatic rings. The van der Waals surface area contributed by atoms with Gasteiger partial charge >= 0.3 is 5.97 Å². The molecule has 0 aliphatic heterocycles. The van der Waals surface area contributed by atoms with Crippen LogP contribution in [0.1, 0.15) is 5.56 Å². The summed E-state index contributed by atoms with van der Waals surface area (Å²) in [6, 6.07) is 4.63. The second-order valence-electron chi connectivity index (χ2n) is 3.73. The molecule has 5 heteroatoms. The number of rotatable bonds is 4. The lowest BCUT2D eigenvalue weighted by Gasteiger charge is -2.20. The van der Waals surface area contributed by atoms with Crippen molar-refractivity contribution < 1.29 is 9.90 Å². The van der Waals surface area contributed by atoms with E-state index in [1.54, 1.807) is 37.2 Å². The number of aliphatic carboxylic acids is 1. The molecule has 0 aromatic heterocycles. The summed E-state index contributed by atoms with van der Waals surface area (Å²) in [7, 11) is 3.44. The molecule has 16 heavy (non-hydrogen) atoms. The minimum atomic E-state index is -0.874. The van der Waals surface area contributed by atoms with Gasteiger partial charge in [-0.05, 0) is 25.7 Å². The van der Waals surface area contributed by atoms with Gasteiger partial charge in [-0.25, -0.2) is 0 Å². The summed E-state index contributed by atoms with van der Waals surface area (Å²) in [6.45, 7) is 0. The molecule has 0 heterocycles. The number of carboxylic acids is 1. The fourth-order valence-electron chi connectivity index (χ4n) is 1.41. The monoisotopic (exact) mass is 261 g/mol. The van der Waals surface area contributed by atoms with Gasteiger partial charge in [0.1, 0.15) is 6.04 Å². The molecule has 1 rings (SSSR count). The minimum absolute atomic E-state index is 0.335. The lowest BCUT2D eigenvalue weighted by molar-refractivity contribution is -0.142. The largest absolute Gasteiger partial charge is 0.480 e. The standard InChI is InChI=1S/C11H13Cl2NO2/c1-14(2)9(11(15)16)6-7-4-3-5-8(12)10(7)13/h3-5,9H,6H2,1-2H3,(H,15,16)/t9-/m1/s1. The highest BCUT2D eigenvalue weighted by Crippen LogP contribution is 2.26. The van der Waals surface area contributed by atoms with Crippen molar-refractivity contribution in [3.05, 3.63) is 33.8 Å². The van der Waals surface area contributed by atoms with E-state index >= 15 is 0 Å². The van der Waals surface area contributed by atoms with E-state index in [1.165, 1.54) is 0 Å². The molecule has 0 aliphatic carbocycles. The first-order valence-corrected chi connectivity index (χ1v) is 5.51. The van der Waals surface area contributed by atoms with Gasteiger partial charge < -0.3 is 5.11 Å². The molecular weight excluding hydrogens is 249 g/mol. The highest BCUT2D eigenvalue weighted by Gasteiger charge is 2.21. The van der Waals surface area contributed by atoms with E-state index in [1.807, 2.05) is 0 Å². The summed E-state index contributed by atoms with van der Waals surface area (Å²) in [5.74, 6) is -0.874. The van der Waals surface area contributed by atoms with Crippen LogP contribution in [0.3, 0.4) is 0 Å². The van der Waals surface area contributed by atoms with E-state index in [-0.39, 0.29) is 0 Å². The fourth-order valence-corrected chi connectivity index (χ4v) is 1.80. The van der Waals surface area contributed by atoms with E-state index in [2.05, 4.69) is 0 Å². The lowest BCUT2D eigenvalue weighted by Crippen LogP contribution is -2.37. The highest BCUT2D eigenvalue weighted by molar-refractivity contribution is 6.42. The van der Waals surface area contributed by atoms with Crippen molar-refractivity contribution in [2.75, 3.05) is 14.1 Å². The van der Waals surface area contributed by atoms with Gasteiger partial charge in [0.2, 0.25) is 0 Å². The molecule has 1 aromatic rings. The molecule has 1 N–H and O–H groups in total. The van der Waals surface area contributed by atoms with E-state index in [0.717, 1.165) is 5.56 Å². The molecule has 1 atom stereocenters. The molecule has 3 nitrogen and oxygen atoms in total. The summed E-state index contributed by atoms with van der Waals surface area (Å²) in [6.07, 6.45) is 0.335. The highest BCUT2D eigenvalue weighted by atomic mass is 35.5. The first-order chi connectivity index (χ1) is 7.43. The molecular formula is C11H13Cl2NO2. The maximum atomic E-state index is 11.0. The van der Waals surface area contributed by atoms with Crippen LogP contribution in [0.25, 0.3) is 0 Å². The molecule has 88 valence electrons. The summed E-state index contributed by atoms with van der Waals surface area (Å²) >= 11 is 11.9. The maximum Gasteiger partial charge on any atom is 0.321 e. The van der Waals surface area contributed by atoms with Gasteiger partial charge in [0.25, 0.3) is 0 Å². The Morgan fingerprint density at radius 1 is 1.44 bits per heavy atom. The number of benzene rings is 1. The zero-order valence-electron chi connectivity index (χ0n) is 9.08. The zero-order chi connectivity index (χ0) is 12.3. The predicted molar refractivity (Wildman–Crippen MR) is 65.3 cm³/mol. The van der Waals surface area contributed by atoms with Gasteiger partial charge in [0.15, 0.2) is 0 Å². The van der Waals surface area contributed by atoms with Crippen molar-refractivity contribution in [1.29, 1.82) is 0 Å². The minimum Gasteiger partial charge on any atom is -0.480 e. The normalized spacial score (nSPS) is 12.8. The van der Waals surface area contributed by atoms with Gasteiger partial charge in [-0.2, -0.15) is 0 Å². The van der Waals surface area contributed by atoms with Crippen LogP contribution in [0.5, 0.6) is 0 Å². The van der Waals surface area contributed by atoms with Gasteiger partial charge in [-0.3, -0.25) is 9.69 Å². The van der Waals surface area contributed by atoms with Gasteiger partial charge in [0, 0.05) is 6.42 Å². The molecule has 0 fully saturated rings. The van der Waals surface area contributed by atoms with Gasteiger partial charge in [0.05, 0.1) is 10.0 Å². The quantitative estimate of drug-likeness (QED) is 0.906. The van der Waals surface area contributed by atoms with Gasteiger partial charge in [-0.15, -0.1) is 0 Å². The van der Waals surface area contributed by atoms with Crippen molar-refractivity contribution >= 4 is 29.2 Å². The van der Waals surface area contributed by atoms with Crippen molar-refractivity contribution in [3.8, 4) is 0 Å². The van der Waals surface area contributed by atoms with Crippen molar-refractivity contribution in [1.82, 2.24) is 4.90 Å². The third-order valence-electron chi connectivity index (χ3n) is 2.35. The molecule has 0 amide bonds. The second-order valence-corrected chi connectivity index (χ2v) is 4.52. The van der Waals surface area contributed by atoms with Crippen molar-refractivity contribution in [3.63, 3.8) is 0 Å². The number of nitrogens with zero attached hydrogens (tertiary/aromatic N) is 1. The van der Waals surface area contributed by atoms with Crippen LogP contribution in [-0.2, 0) is 11.2 Å². The zero-order valence-corrected chi connectivity index (χ0v) is 10.6. The Morgan fingerprint density at radius 2 is 2.06 bits per heavy atom. The van der Waals surface area contributed by atoms with Crippen LogP contribution in [0.4, 0.5) is 0 Å². The van der Waals surface area contributed by atoms with E-state index in [0.29, 0.717) is 16.5 Å². The van der Waals surface area contributed by atoms with Gasteiger partial charge in [-0.1, -0.05) is 35.3 Å². The fraction of sp³-hybridized carbons (Fsp3) is 0.364. The Kier molecular flexibility index (Phi) is 4.59. The summed E-state index contributed by atoms with van der Waals surface area (Å²) in [5.41, 5.74) is 0.746. The molecule has 0 bridgehead atoms. The number of halogens is 2. The topological polar surface area (TPSA) is 40.5 Å². The van der Waals surface area contributed by atoms with Crippen molar-refractivity contribution in [2.24, 2.45) is 0 Å². The number of likely N-dealkylation sites (N-methyl/N-ethyl adjacent to an activating group) is 1. The molecule has 0 unspecified atom stereocenters. The summed E-state index contributed by atoms with van der Waals surface area (Å²) in [4.78, 5) is 12.7. The first kappa shape index (κ1) is 13.3. The molecule has 0 saturated heterocycles. The van der Waals surface area contributed by atoms with Crippen LogP contribution in [0.2, 0.25) is 10.0 Å². The first-order valence-electron chi connectivity index (χ1n) is 4.75. The summed E-state index contributed by atoms with van der Waals surface area (Å²) in [5, 5.41) is 9.92. The van der Waals surface area contributed by atoms with Crippen LogP contribution in [0.15, 0.2) is 18.2 Å². The SMILES string of the molecule is CN(C)[C@H](Cc1cccc(Cl)c1Cl)C(=O)O. The van der Waals surface area contributed by atoms with Crippen molar-refractivity contribution in [2.45, 2.75) is 12.5 Å². The number of hydrogen-bond donors (Lipinski definition) is 1. The maximum absolute atomic E-state index is 11.0. The van der Waals surface area contributed by atoms with Crippen LogP contribution >= 0.6 is 23.2 Å². The molecule has 1 aromatic carbocycles. The van der Waals surface area contributed by atoms with E-state index < -0.39 is 12.0 Å². The Hall–Kier alpha value is -0.770. The van der Waals surface area contributed by atoms with E-state index in [4.69, 9.17) is 28.3 Å². The average Bonchev–Trinajstić information content (AvgIpc) is 2.19. The average molecular weight is 262 g/mol. The predicted octanol–water partition coefficient (Wildman–Crippen LogP) is 2.55. The molecule has 0 spiro atoms. The molecule has 0 radical (unpaired) electrons. The Bertz CT molecular complexity index is 394. The van der Waals surface area contributed by atoms with Crippen LogP contribution < -0.4 is 0 Å². The smallest absolute Gasteiger partial charge is 0.321 e. The third-order valence-corrected chi connectivity index (χ3v) is 3.21. The Morgan fingerprint density at radius 3 is 2.56 bits per heavy atom. The van der Waals surface area contributed by atoms with Crippen LogP contribution in [0, 0.1) is 0 Å². The van der Waals surface area contributed by atoms with Crippen LogP contribution in [-0.4, -0.2) is 36.1 Å². The third kappa shape index (κ3) is 3.11. The number of hydrogen-bond acceptors (Lipinski definition) is 2.